The molecule has 1 heterocycles. The van der Waals surface area contributed by atoms with Crippen molar-refractivity contribution >= 4 is 5.82 Å². The molecule has 0 amide bonds. The van der Waals surface area contributed by atoms with Gasteiger partial charge in [-0.25, -0.2) is 4.98 Å². The van der Waals surface area contributed by atoms with Gasteiger partial charge in [-0.05, 0) is 26.8 Å². The number of aromatic nitrogens is 2. The molecule has 0 fully saturated rings. The maximum absolute atomic E-state index is 4.63. The molecule has 1 N–H and O–H groups in total. The highest BCUT2D eigenvalue weighted by atomic mass is 15.2. The molecule has 18 heavy (non-hydrogen) atoms. The normalized spacial score (nSPS) is 10.4. The molecule has 4 nitrogen and oxygen atoms in total. The van der Waals surface area contributed by atoms with Crippen molar-refractivity contribution < 1.29 is 0 Å². The Balaban J connectivity index is 2.69. The Morgan fingerprint density at radius 2 is 2.17 bits per heavy atom. The molecule has 100 valence electrons. The summed E-state index contributed by atoms with van der Waals surface area (Å²) in [7, 11) is 0. The molecule has 1 rings (SSSR count). The van der Waals surface area contributed by atoms with Gasteiger partial charge in [0, 0.05) is 25.8 Å². The lowest BCUT2D eigenvalue weighted by atomic mass is 10.3. The fourth-order valence-corrected chi connectivity index (χ4v) is 1.71. The van der Waals surface area contributed by atoms with Crippen molar-refractivity contribution in [2.24, 2.45) is 0 Å². The van der Waals surface area contributed by atoms with Gasteiger partial charge < -0.3 is 10.2 Å². The average molecular weight is 248 g/mol. The first-order valence-corrected chi connectivity index (χ1v) is 6.58. The second-order valence-corrected chi connectivity index (χ2v) is 4.52. The lowest BCUT2D eigenvalue weighted by Gasteiger charge is -2.22. The highest BCUT2D eigenvalue weighted by Crippen LogP contribution is 2.11. The summed E-state index contributed by atoms with van der Waals surface area (Å²) in [4.78, 5) is 11.1. The summed E-state index contributed by atoms with van der Waals surface area (Å²) in [6.45, 7) is 13.8. The lowest BCUT2D eigenvalue weighted by molar-refractivity contribution is 0.660. The summed E-state index contributed by atoms with van der Waals surface area (Å²) >= 11 is 0. The van der Waals surface area contributed by atoms with Crippen LogP contribution in [0.5, 0.6) is 0 Å². The second-order valence-electron chi connectivity index (χ2n) is 4.52. The average Bonchev–Trinajstić information content (AvgIpc) is 2.36. The van der Waals surface area contributed by atoms with Gasteiger partial charge in [-0.2, -0.15) is 0 Å². The van der Waals surface area contributed by atoms with Crippen LogP contribution in [0.3, 0.4) is 0 Å². The maximum atomic E-state index is 4.63. The van der Waals surface area contributed by atoms with E-state index in [4.69, 9.17) is 0 Å². The van der Waals surface area contributed by atoms with Gasteiger partial charge >= 0.3 is 0 Å². The lowest BCUT2D eigenvalue weighted by Crippen LogP contribution is -2.26. The molecule has 0 spiro atoms. The number of hydrogen-bond donors (Lipinski definition) is 1. The second kappa shape index (κ2) is 7.82. The molecule has 0 aromatic carbocycles. The number of likely N-dealkylation sites (N-methyl/N-ethyl adjacent to an activating group) is 1. The zero-order chi connectivity index (χ0) is 13.4. The molecule has 1 aromatic rings. The Labute approximate surface area is 110 Å². The fraction of sp³-hybridized carbons (Fsp3) is 0.571. The third-order valence-electron chi connectivity index (χ3n) is 2.57. The summed E-state index contributed by atoms with van der Waals surface area (Å²) < 4.78 is 0. The van der Waals surface area contributed by atoms with Crippen LogP contribution in [0.15, 0.2) is 24.5 Å². The van der Waals surface area contributed by atoms with Gasteiger partial charge in [0.2, 0.25) is 0 Å². The van der Waals surface area contributed by atoms with Gasteiger partial charge in [-0.1, -0.05) is 19.1 Å². The van der Waals surface area contributed by atoms with Crippen molar-refractivity contribution in [3.8, 4) is 0 Å². The SMILES string of the molecule is C=C(C)CN(CC)c1cncc(CNCCC)n1. The Hall–Kier alpha value is -1.42. The number of nitrogens with one attached hydrogen (secondary N) is 1. The number of nitrogens with zero attached hydrogens (tertiary/aromatic N) is 3. The third kappa shape index (κ3) is 4.84. The molecule has 0 saturated heterocycles. The standard InChI is InChI=1S/C14H24N4/c1-5-7-15-8-13-9-16-10-14(17-13)18(6-2)11-12(3)4/h9-10,15H,3,5-8,11H2,1-2,4H3. The summed E-state index contributed by atoms with van der Waals surface area (Å²) in [6.07, 6.45) is 4.76. The molecule has 1 aromatic heterocycles. The molecule has 0 unspecified atom stereocenters. The minimum absolute atomic E-state index is 0.777. The maximum Gasteiger partial charge on any atom is 0.147 e. The number of anilines is 1. The molecule has 0 atom stereocenters. The Morgan fingerprint density at radius 1 is 1.39 bits per heavy atom. The van der Waals surface area contributed by atoms with E-state index in [1.165, 1.54) is 0 Å². The zero-order valence-electron chi connectivity index (χ0n) is 11.7. The molecular weight excluding hydrogens is 224 g/mol. The van der Waals surface area contributed by atoms with Crippen molar-refractivity contribution in [1.82, 2.24) is 15.3 Å². The van der Waals surface area contributed by atoms with Crippen molar-refractivity contribution in [3.05, 3.63) is 30.2 Å². The van der Waals surface area contributed by atoms with Gasteiger partial charge in [-0.3, -0.25) is 4.98 Å². The van der Waals surface area contributed by atoms with Crippen molar-refractivity contribution in [2.45, 2.75) is 33.7 Å². The van der Waals surface area contributed by atoms with Crippen LogP contribution >= 0.6 is 0 Å². The molecular formula is C14H24N4. The van der Waals surface area contributed by atoms with Gasteiger partial charge in [0.25, 0.3) is 0 Å². The van der Waals surface area contributed by atoms with E-state index in [1.807, 2.05) is 19.3 Å². The van der Waals surface area contributed by atoms with Gasteiger partial charge in [0.1, 0.15) is 5.82 Å². The van der Waals surface area contributed by atoms with Crippen LogP contribution in [-0.2, 0) is 6.54 Å². The predicted octanol–water partition coefficient (Wildman–Crippen LogP) is 2.38. The van der Waals surface area contributed by atoms with E-state index < -0.39 is 0 Å². The van der Waals surface area contributed by atoms with Gasteiger partial charge in [0.15, 0.2) is 0 Å². The first kappa shape index (κ1) is 14.6. The Morgan fingerprint density at radius 3 is 2.78 bits per heavy atom. The van der Waals surface area contributed by atoms with Gasteiger partial charge in [0.05, 0.1) is 11.9 Å². The van der Waals surface area contributed by atoms with Crippen molar-refractivity contribution in [1.29, 1.82) is 0 Å². The van der Waals surface area contributed by atoms with Crippen LogP contribution < -0.4 is 10.2 Å². The van der Waals surface area contributed by atoms with E-state index in [9.17, 15) is 0 Å². The van der Waals surface area contributed by atoms with E-state index >= 15 is 0 Å². The van der Waals surface area contributed by atoms with Crippen LogP contribution in [-0.4, -0.2) is 29.6 Å². The van der Waals surface area contributed by atoms with Crippen LogP contribution in [0.1, 0.15) is 32.9 Å². The highest BCUT2D eigenvalue weighted by molar-refractivity contribution is 5.37. The van der Waals surface area contributed by atoms with Gasteiger partial charge in [-0.15, -0.1) is 0 Å². The van der Waals surface area contributed by atoms with Crippen molar-refractivity contribution in [2.75, 3.05) is 24.5 Å². The summed E-state index contributed by atoms with van der Waals surface area (Å²) in [6, 6.07) is 0. The minimum Gasteiger partial charge on any atom is -0.352 e. The molecule has 0 aliphatic carbocycles. The number of rotatable bonds is 8. The van der Waals surface area contributed by atoms with E-state index in [2.05, 4.69) is 40.6 Å². The number of hydrogen-bond acceptors (Lipinski definition) is 4. The Bertz CT molecular complexity index is 376. The monoisotopic (exact) mass is 248 g/mol. The first-order chi connectivity index (χ1) is 8.67. The van der Waals surface area contributed by atoms with Crippen LogP contribution in [0.25, 0.3) is 0 Å². The van der Waals surface area contributed by atoms with Crippen LogP contribution in [0.2, 0.25) is 0 Å². The van der Waals surface area contributed by atoms with Crippen molar-refractivity contribution in [3.63, 3.8) is 0 Å². The van der Waals surface area contributed by atoms with E-state index in [-0.39, 0.29) is 0 Å². The fourth-order valence-electron chi connectivity index (χ4n) is 1.71. The third-order valence-corrected chi connectivity index (χ3v) is 2.57. The smallest absolute Gasteiger partial charge is 0.147 e. The van der Waals surface area contributed by atoms with Crippen LogP contribution in [0.4, 0.5) is 5.82 Å². The molecule has 0 aliphatic rings. The molecule has 0 aliphatic heterocycles. The Kier molecular flexibility index (Phi) is 6.36. The quantitative estimate of drug-likeness (QED) is 0.566. The topological polar surface area (TPSA) is 41.1 Å². The largest absolute Gasteiger partial charge is 0.352 e. The molecule has 0 saturated carbocycles. The zero-order valence-corrected chi connectivity index (χ0v) is 11.7. The predicted molar refractivity (Wildman–Crippen MR) is 76.7 cm³/mol. The first-order valence-electron chi connectivity index (χ1n) is 6.58. The molecule has 4 heteroatoms. The van der Waals surface area contributed by atoms with E-state index in [0.717, 1.165) is 49.7 Å². The minimum atomic E-state index is 0.777. The van der Waals surface area contributed by atoms with E-state index in [0.29, 0.717) is 0 Å². The highest BCUT2D eigenvalue weighted by Gasteiger charge is 2.07. The summed E-state index contributed by atoms with van der Waals surface area (Å²) in [5.74, 6) is 0.927. The molecule has 0 bridgehead atoms. The van der Waals surface area contributed by atoms with Crippen LogP contribution in [0, 0.1) is 0 Å². The molecule has 0 radical (unpaired) electrons. The van der Waals surface area contributed by atoms with E-state index in [1.54, 1.807) is 0 Å². The summed E-state index contributed by atoms with van der Waals surface area (Å²) in [5, 5.41) is 3.34. The summed E-state index contributed by atoms with van der Waals surface area (Å²) in [5.41, 5.74) is 2.12.